The molecule has 1 fully saturated rings. The molecule has 1 N–H and O–H groups in total. The van der Waals surface area contributed by atoms with E-state index in [-0.39, 0.29) is 0 Å². The maximum atomic E-state index is 5.36. The van der Waals surface area contributed by atoms with Crippen LogP contribution >= 0.6 is 15.9 Å². The SMILES string of the molecule is Brc1cccc(Cc2noc(CCC3CCCCN3)n2)c1. The average molecular weight is 350 g/mol. The van der Waals surface area contributed by atoms with Crippen LogP contribution in [0.5, 0.6) is 0 Å². The Labute approximate surface area is 133 Å². The zero-order chi connectivity index (χ0) is 14.5. The van der Waals surface area contributed by atoms with Crippen LogP contribution < -0.4 is 5.32 Å². The van der Waals surface area contributed by atoms with Crippen molar-refractivity contribution in [2.75, 3.05) is 6.54 Å². The highest BCUT2D eigenvalue weighted by Gasteiger charge is 2.14. The molecular weight excluding hydrogens is 330 g/mol. The number of aromatic nitrogens is 2. The van der Waals surface area contributed by atoms with Gasteiger partial charge in [-0.2, -0.15) is 4.98 Å². The quantitative estimate of drug-likeness (QED) is 0.897. The van der Waals surface area contributed by atoms with Crippen molar-refractivity contribution in [1.29, 1.82) is 0 Å². The predicted octanol–water partition coefficient (Wildman–Crippen LogP) is 3.50. The van der Waals surface area contributed by atoms with Crippen molar-refractivity contribution >= 4 is 15.9 Å². The van der Waals surface area contributed by atoms with Crippen LogP contribution in [0.25, 0.3) is 0 Å². The van der Waals surface area contributed by atoms with Crippen molar-refractivity contribution in [2.24, 2.45) is 0 Å². The minimum Gasteiger partial charge on any atom is -0.339 e. The van der Waals surface area contributed by atoms with Gasteiger partial charge in [0.05, 0.1) is 0 Å². The lowest BCUT2D eigenvalue weighted by Gasteiger charge is -2.22. The summed E-state index contributed by atoms with van der Waals surface area (Å²) in [5.74, 6) is 1.52. The monoisotopic (exact) mass is 349 g/mol. The highest BCUT2D eigenvalue weighted by Crippen LogP contribution is 2.15. The molecule has 0 bridgehead atoms. The van der Waals surface area contributed by atoms with Gasteiger partial charge < -0.3 is 9.84 Å². The molecule has 0 saturated carbocycles. The Hall–Kier alpha value is -1.20. The lowest BCUT2D eigenvalue weighted by molar-refractivity contribution is 0.341. The van der Waals surface area contributed by atoms with Gasteiger partial charge in [0.25, 0.3) is 0 Å². The molecule has 112 valence electrons. The Balaban J connectivity index is 1.53. The molecule has 2 aromatic rings. The molecule has 0 amide bonds. The summed E-state index contributed by atoms with van der Waals surface area (Å²) in [5.41, 5.74) is 1.19. The smallest absolute Gasteiger partial charge is 0.226 e. The number of nitrogens with one attached hydrogen (secondary N) is 1. The van der Waals surface area contributed by atoms with E-state index in [2.05, 4.69) is 43.5 Å². The topological polar surface area (TPSA) is 51.0 Å². The summed E-state index contributed by atoms with van der Waals surface area (Å²) in [6.45, 7) is 1.14. The first-order valence-electron chi connectivity index (χ1n) is 7.59. The molecule has 3 rings (SSSR count). The second-order valence-electron chi connectivity index (χ2n) is 5.60. The Morgan fingerprint density at radius 1 is 1.33 bits per heavy atom. The summed E-state index contributed by atoms with van der Waals surface area (Å²) >= 11 is 3.48. The number of benzene rings is 1. The number of rotatable bonds is 5. The number of halogens is 1. The lowest BCUT2D eigenvalue weighted by atomic mass is 10.0. The summed E-state index contributed by atoms with van der Waals surface area (Å²) in [4.78, 5) is 4.50. The van der Waals surface area contributed by atoms with Gasteiger partial charge in [0.15, 0.2) is 5.82 Å². The van der Waals surface area contributed by atoms with Crippen LogP contribution in [0.3, 0.4) is 0 Å². The maximum absolute atomic E-state index is 5.36. The lowest BCUT2D eigenvalue weighted by Crippen LogP contribution is -2.34. The molecule has 0 radical (unpaired) electrons. The fourth-order valence-electron chi connectivity index (χ4n) is 2.76. The minimum atomic E-state index is 0.610. The molecule has 1 aromatic carbocycles. The summed E-state index contributed by atoms with van der Waals surface area (Å²) in [5, 5.41) is 7.63. The van der Waals surface area contributed by atoms with E-state index in [1.165, 1.54) is 24.8 Å². The Bertz CT molecular complexity index is 578. The van der Waals surface area contributed by atoms with Crippen molar-refractivity contribution in [3.05, 3.63) is 46.0 Å². The van der Waals surface area contributed by atoms with Crippen LogP contribution in [-0.2, 0) is 12.8 Å². The largest absolute Gasteiger partial charge is 0.339 e. The van der Waals surface area contributed by atoms with Gasteiger partial charge in [0.1, 0.15) is 0 Å². The fourth-order valence-corrected chi connectivity index (χ4v) is 3.21. The first kappa shape index (κ1) is 14.7. The zero-order valence-corrected chi connectivity index (χ0v) is 13.6. The third-order valence-electron chi connectivity index (χ3n) is 3.88. The third-order valence-corrected chi connectivity index (χ3v) is 4.37. The van der Waals surface area contributed by atoms with Crippen LogP contribution in [0, 0.1) is 0 Å². The molecule has 0 aliphatic carbocycles. The third kappa shape index (κ3) is 4.38. The number of piperidine rings is 1. The second-order valence-corrected chi connectivity index (χ2v) is 6.51. The molecule has 0 spiro atoms. The van der Waals surface area contributed by atoms with Crippen molar-refractivity contribution in [1.82, 2.24) is 15.5 Å². The van der Waals surface area contributed by atoms with Gasteiger partial charge >= 0.3 is 0 Å². The molecule has 1 atom stereocenters. The van der Waals surface area contributed by atoms with E-state index in [1.54, 1.807) is 0 Å². The zero-order valence-electron chi connectivity index (χ0n) is 12.0. The summed E-state index contributed by atoms with van der Waals surface area (Å²) in [6.07, 6.45) is 6.55. The number of hydrogen-bond donors (Lipinski definition) is 1. The average Bonchev–Trinajstić information content (AvgIpc) is 2.94. The van der Waals surface area contributed by atoms with E-state index < -0.39 is 0 Å². The number of hydrogen-bond acceptors (Lipinski definition) is 4. The molecule has 4 nitrogen and oxygen atoms in total. The Morgan fingerprint density at radius 2 is 2.29 bits per heavy atom. The first-order valence-corrected chi connectivity index (χ1v) is 8.38. The van der Waals surface area contributed by atoms with Crippen LogP contribution in [0.2, 0.25) is 0 Å². The van der Waals surface area contributed by atoms with Gasteiger partial charge in [0.2, 0.25) is 5.89 Å². The molecule has 2 heterocycles. The van der Waals surface area contributed by atoms with Gasteiger partial charge in [-0.15, -0.1) is 0 Å². The van der Waals surface area contributed by atoms with Crippen LogP contribution in [0.1, 0.15) is 43.0 Å². The maximum Gasteiger partial charge on any atom is 0.226 e. The molecule has 1 aliphatic heterocycles. The van der Waals surface area contributed by atoms with Crippen LogP contribution in [-0.4, -0.2) is 22.7 Å². The van der Waals surface area contributed by atoms with E-state index in [1.807, 2.05) is 12.1 Å². The molecule has 5 heteroatoms. The van der Waals surface area contributed by atoms with E-state index in [0.717, 1.165) is 35.6 Å². The highest BCUT2D eigenvalue weighted by molar-refractivity contribution is 9.10. The molecule has 1 saturated heterocycles. The summed E-state index contributed by atoms with van der Waals surface area (Å²) in [7, 11) is 0. The molecule has 21 heavy (non-hydrogen) atoms. The first-order chi connectivity index (χ1) is 10.3. The van der Waals surface area contributed by atoms with E-state index in [4.69, 9.17) is 4.52 Å². The fraction of sp³-hybridized carbons (Fsp3) is 0.500. The van der Waals surface area contributed by atoms with Crippen molar-refractivity contribution in [2.45, 2.75) is 44.6 Å². The number of aryl methyl sites for hydroxylation is 1. The van der Waals surface area contributed by atoms with Gasteiger partial charge in [-0.25, -0.2) is 0 Å². The molecule has 1 aromatic heterocycles. The summed E-state index contributed by atoms with van der Waals surface area (Å²) < 4.78 is 6.43. The summed E-state index contributed by atoms with van der Waals surface area (Å²) in [6, 6.07) is 8.81. The molecule has 1 unspecified atom stereocenters. The van der Waals surface area contributed by atoms with Gasteiger partial charge in [0, 0.05) is 23.4 Å². The minimum absolute atomic E-state index is 0.610. The highest BCUT2D eigenvalue weighted by atomic mass is 79.9. The number of nitrogens with zero attached hydrogens (tertiary/aromatic N) is 2. The van der Waals surface area contributed by atoms with E-state index >= 15 is 0 Å². The van der Waals surface area contributed by atoms with Gasteiger partial charge in [-0.3, -0.25) is 0 Å². The second kappa shape index (κ2) is 7.18. The predicted molar refractivity (Wildman–Crippen MR) is 85.2 cm³/mol. The van der Waals surface area contributed by atoms with Crippen molar-refractivity contribution in [3.8, 4) is 0 Å². The van der Waals surface area contributed by atoms with Crippen LogP contribution in [0.4, 0.5) is 0 Å². The van der Waals surface area contributed by atoms with Gasteiger partial charge in [-0.05, 0) is 43.5 Å². The normalized spacial score (nSPS) is 18.8. The van der Waals surface area contributed by atoms with E-state index in [9.17, 15) is 0 Å². The van der Waals surface area contributed by atoms with Crippen LogP contribution in [0.15, 0.2) is 33.3 Å². The van der Waals surface area contributed by atoms with Crippen molar-refractivity contribution < 1.29 is 4.52 Å². The molecule has 1 aliphatic rings. The Morgan fingerprint density at radius 3 is 3.10 bits per heavy atom. The van der Waals surface area contributed by atoms with Crippen molar-refractivity contribution in [3.63, 3.8) is 0 Å². The van der Waals surface area contributed by atoms with Gasteiger partial charge in [-0.1, -0.05) is 39.6 Å². The Kier molecular flexibility index (Phi) is 5.04. The standard InChI is InChI=1S/C16H20BrN3O/c17-13-5-3-4-12(10-13)11-15-19-16(21-20-15)8-7-14-6-1-2-9-18-14/h3-5,10,14,18H,1-2,6-9,11H2. The van der Waals surface area contributed by atoms with E-state index in [0.29, 0.717) is 12.5 Å². The molecular formula is C16H20BrN3O.